The van der Waals surface area contributed by atoms with Gasteiger partial charge in [0.05, 0.1) is 0 Å². The predicted molar refractivity (Wildman–Crippen MR) is 80.9 cm³/mol. The number of carbonyl (C=O) groups is 2. The van der Waals surface area contributed by atoms with E-state index in [0.29, 0.717) is 0 Å². The van der Waals surface area contributed by atoms with E-state index in [-0.39, 0.29) is 11.8 Å². The highest BCUT2D eigenvalue weighted by Gasteiger charge is 2.23. The van der Waals surface area contributed by atoms with Crippen LogP contribution in [0, 0.1) is 5.41 Å². The van der Waals surface area contributed by atoms with Crippen molar-refractivity contribution in [3.05, 3.63) is 23.8 Å². The zero-order valence-electron chi connectivity index (χ0n) is 12.6. The Morgan fingerprint density at radius 3 is 2.55 bits per heavy atom. The number of hydrogen-bond acceptors (Lipinski definition) is 2. The average molecular weight is 274 g/mol. The molecule has 0 fully saturated rings. The smallest absolute Gasteiger partial charge is 0.229 e. The summed E-state index contributed by atoms with van der Waals surface area (Å²) >= 11 is 0. The SMILES string of the molecule is CC(=O)N1CCCc2ccc(NC(=O)C(C)(C)C)cc21. The number of rotatable bonds is 1. The molecule has 0 saturated carbocycles. The molecule has 0 spiro atoms. The molecule has 0 saturated heterocycles. The van der Waals surface area contributed by atoms with Crippen LogP contribution in [0.5, 0.6) is 0 Å². The highest BCUT2D eigenvalue weighted by molar-refractivity contribution is 5.97. The number of hydrogen-bond donors (Lipinski definition) is 1. The van der Waals surface area contributed by atoms with Crippen LogP contribution in [0.25, 0.3) is 0 Å². The number of anilines is 2. The standard InChI is InChI=1S/C16H22N2O2/c1-11(19)18-9-5-6-12-7-8-13(10-14(12)18)17-15(20)16(2,3)4/h7-8,10H,5-6,9H2,1-4H3,(H,17,20). The van der Waals surface area contributed by atoms with Gasteiger partial charge in [-0.25, -0.2) is 0 Å². The van der Waals surface area contributed by atoms with Crippen molar-refractivity contribution in [2.75, 3.05) is 16.8 Å². The Hall–Kier alpha value is -1.84. The summed E-state index contributed by atoms with van der Waals surface area (Å²) < 4.78 is 0. The second-order valence-corrected chi connectivity index (χ2v) is 6.32. The van der Waals surface area contributed by atoms with E-state index in [9.17, 15) is 9.59 Å². The minimum Gasteiger partial charge on any atom is -0.326 e. The molecule has 4 nitrogen and oxygen atoms in total. The largest absolute Gasteiger partial charge is 0.326 e. The molecule has 1 aromatic rings. The van der Waals surface area contributed by atoms with Crippen molar-refractivity contribution < 1.29 is 9.59 Å². The zero-order valence-corrected chi connectivity index (χ0v) is 12.6. The van der Waals surface area contributed by atoms with Crippen LogP contribution in [0.4, 0.5) is 11.4 Å². The molecule has 2 amide bonds. The van der Waals surface area contributed by atoms with Crippen LogP contribution in [0.2, 0.25) is 0 Å². The van der Waals surface area contributed by atoms with Gasteiger partial charge < -0.3 is 10.2 Å². The van der Waals surface area contributed by atoms with Crippen molar-refractivity contribution in [1.82, 2.24) is 0 Å². The molecule has 20 heavy (non-hydrogen) atoms. The van der Waals surface area contributed by atoms with Gasteiger partial charge in [0.15, 0.2) is 0 Å². The van der Waals surface area contributed by atoms with Gasteiger partial charge in [-0.2, -0.15) is 0 Å². The number of nitrogens with zero attached hydrogens (tertiary/aromatic N) is 1. The summed E-state index contributed by atoms with van der Waals surface area (Å²) in [6.45, 7) is 7.96. The third kappa shape index (κ3) is 3.00. The molecule has 1 aliphatic heterocycles. The van der Waals surface area contributed by atoms with Crippen LogP contribution in [0.15, 0.2) is 18.2 Å². The van der Waals surface area contributed by atoms with E-state index in [0.717, 1.165) is 30.8 Å². The fourth-order valence-electron chi connectivity index (χ4n) is 2.30. The topological polar surface area (TPSA) is 49.4 Å². The van der Waals surface area contributed by atoms with E-state index < -0.39 is 5.41 Å². The first kappa shape index (κ1) is 14.6. The van der Waals surface area contributed by atoms with Gasteiger partial charge in [0, 0.05) is 30.3 Å². The van der Waals surface area contributed by atoms with Crippen LogP contribution >= 0.6 is 0 Å². The fraction of sp³-hybridized carbons (Fsp3) is 0.500. The molecule has 1 heterocycles. The normalized spacial score (nSPS) is 14.7. The molecule has 1 N–H and O–H groups in total. The van der Waals surface area contributed by atoms with E-state index in [1.165, 1.54) is 5.56 Å². The third-order valence-corrected chi connectivity index (χ3v) is 3.52. The van der Waals surface area contributed by atoms with Crippen molar-refractivity contribution in [2.24, 2.45) is 5.41 Å². The van der Waals surface area contributed by atoms with Crippen molar-refractivity contribution in [3.63, 3.8) is 0 Å². The van der Waals surface area contributed by atoms with Crippen LogP contribution in [0.3, 0.4) is 0 Å². The Morgan fingerprint density at radius 2 is 1.95 bits per heavy atom. The first-order chi connectivity index (χ1) is 9.29. The second kappa shape index (κ2) is 5.27. The maximum Gasteiger partial charge on any atom is 0.229 e. The molecule has 0 aliphatic carbocycles. The number of aryl methyl sites for hydroxylation is 1. The van der Waals surface area contributed by atoms with Gasteiger partial charge in [0.25, 0.3) is 0 Å². The number of benzene rings is 1. The fourth-order valence-corrected chi connectivity index (χ4v) is 2.30. The van der Waals surface area contributed by atoms with E-state index in [4.69, 9.17) is 0 Å². The molecule has 1 aromatic carbocycles. The van der Waals surface area contributed by atoms with Crippen LogP contribution in [-0.4, -0.2) is 18.4 Å². The Bertz CT molecular complexity index is 544. The first-order valence-electron chi connectivity index (χ1n) is 7.01. The lowest BCUT2D eigenvalue weighted by atomic mass is 9.95. The molecule has 0 unspecified atom stereocenters. The molecule has 2 rings (SSSR count). The van der Waals surface area contributed by atoms with Gasteiger partial charge in [-0.05, 0) is 30.5 Å². The van der Waals surface area contributed by atoms with Crippen LogP contribution in [-0.2, 0) is 16.0 Å². The summed E-state index contributed by atoms with van der Waals surface area (Å²) in [6, 6.07) is 5.81. The van der Waals surface area contributed by atoms with Crippen LogP contribution < -0.4 is 10.2 Å². The highest BCUT2D eigenvalue weighted by Crippen LogP contribution is 2.30. The maximum absolute atomic E-state index is 12.0. The van der Waals surface area contributed by atoms with Gasteiger partial charge in [0.2, 0.25) is 11.8 Å². The molecule has 0 atom stereocenters. The van der Waals surface area contributed by atoms with E-state index in [1.54, 1.807) is 11.8 Å². The molecule has 4 heteroatoms. The van der Waals surface area contributed by atoms with Crippen LogP contribution in [0.1, 0.15) is 39.7 Å². The number of fused-ring (bicyclic) bond motifs is 1. The summed E-state index contributed by atoms with van der Waals surface area (Å²) in [5, 5.41) is 2.91. The molecule has 0 bridgehead atoms. The minimum atomic E-state index is -0.434. The Labute approximate surface area is 120 Å². The lowest BCUT2D eigenvalue weighted by Gasteiger charge is -2.29. The summed E-state index contributed by atoms with van der Waals surface area (Å²) in [5.41, 5.74) is 2.41. The number of nitrogens with one attached hydrogen (secondary N) is 1. The lowest BCUT2D eigenvalue weighted by molar-refractivity contribution is -0.123. The molecule has 0 aromatic heterocycles. The maximum atomic E-state index is 12.0. The van der Waals surface area contributed by atoms with E-state index in [2.05, 4.69) is 5.32 Å². The lowest BCUT2D eigenvalue weighted by Crippen LogP contribution is -2.33. The highest BCUT2D eigenvalue weighted by atomic mass is 16.2. The molecular formula is C16H22N2O2. The molecular weight excluding hydrogens is 252 g/mol. The van der Waals surface area contributed by atoms with Crippen molar-refractivity contribution >= 4 is 23.2 Å². The summed E-state index contributed by atoms with van der Waals surface area (Å²) in [5.74, 6) is 0.0212. The van der Waals surface area contributed by atoms with Crippen molar-refractivity contribution in [3.8, 4) is 0 Å². The van der Waals surface area contributed by atoms with Gasteiger partial charge in [-0.3, -0.25) is 9.59 Å². The van der Waals surface area contributed by atoms with Gasteiger partial charge in [0.1, 0.15) is 0 Å². The van der Waals surface area contributed by atoms with Gasteiger partial charge >= 0.3 is 0 Å². The van der Waals surface area contributed by atoms with Crippen molar-refractivity contribution in [1.29, 1.82) is 0 Å². The monoisotopic (exact) mass is 274 g/mol. The van der Waals surface area contributed by atoms with Gasteiger partial charge in [-0.1, -0.05) is 26.8 Å². The Balaban J connectivity index is 2.28. The van der Waals surface area contributed by atoms with E-state index in [1.807, 2.05) is 39.0 Å². The third-order valence-electron chi connectivity index (χ3n) is 3.52. The molecule has 108 valence electrons. The predicted octanol–water partition coefficient (Wildman–Crippen LogP) is 2.97. The Kier molecular flexibility index (Phi) is 3.84. The zero-order chi connectivity index (χ0) is 14.9. The number of carbonyl (C=O) groups excluding carboxylic acids is 2. The molecule has 1 aliphatic rings. The summed E-state index contributed by atoms with van der Waals surface area (Å²) in [6.07, 6.45) is 1.97. The average Bonchev–Trinajstić information content (AvgIpc) is 2.36. The second-order valence-electron chi connectivity index (χ2n) is 6.32. The van der Waals surface area contributed by atoms with Gasteiger partial charge in [-0.15, -0.1) is 0 Å². The first-order valence-corrected chi connectivity index (χ1v) is 7.01. The minimum absolute atomic E-state index is 0.0253. The van der Waals surface area contributed by atoms with Crippen molar-refractivity contribution in [2.45, 2.75) is 40.5 Å². The van der Waals surface area contributed by atoms with E-state index >= 15 is 0 Å². The summed E-state index contributed by atoms with van der Waals surface area (Å²) in [4.78, 5) is 25.5. The summed E-state index contributed by atoms with van der Waals surface area (Å²) in [7, 11) is 0. The quantitative estimate of drug-likeness (QED) is 0.856. The Morgan fingerprint density at radius 1 is 1.25 bits per heavy atom. The number of amides is 2. The molecule has 0 radical (unpaired) electrons.